The van der Waals surface area contributed by atoms with Gasteiger partial charge in [-0.3, -0.25) is 0 Å². The fourth-order valence-corrected chi connectivity index (χ4v) is 0.868. The zero-order valence-corrected chi connectivity index (χ0v) is 12.8. The van der Waals surface area contributed by atoms with Gasteiger partial charge >= 0.3 is 0 Å². The van der Waals surface area contributed by atoms with E-state index in [1.54, 1.807) is 0 Å². The lowest BCUT2D eigenvalue weighted by Crippen LogP contribution is -2.28. The third kappa shape index (κ3) is 6.66. The Morgan fingerprint density at radius 3 is 1.54 bits per heavy atom. The molecule has 0 spiro atoms. The summed E-state index contributed by atoms with van der Waals surface area (Å²) in [4.78, 5) is 0. The van der Waals surface area contributed by atoms with Crippen molar-refractivity contribution in [2.45, 2.75) is 19.4 Å². The van der Waals surface area contributed by atoms with E-state index in [0.29, 0.717) is 0 Å². The molecule has 1 aromatic carbocycles. The first-order valence-corrected chi connectivity index (χ1v) is 3.45. The van der Waals surface area contributed by atoms with Gasteiger partial charge in [-0.05, 0) is 19.4 Å². The molecule has 0 unspecified atom stereocenters. The van der Waals surface area contributed by atoms with Crippen LogP contribution in [0.2, 0.25) is 0 Å². The van der Waals surface area contributed by atoms with Crippen LogP contribution in [-0.4, -0.2) is 0 Å². The number of halogens is 3. The van der Waals surface area contributed by atoms with Gasteiger partial charge < -0.3 is 5.73 Å². The van der Waals surface area contributed by atoms with Crippen molar-refractivity contribution in [3.05, 3.63) is 35.9 Å². The molecular formula is C9H16Br3N. The molecule has 0 aliphatic heterocycles. The van der Waals surface area contributed by atoms with E-state index in [9.17, 15) is 0 Å². The van der Waals surface area contributed by atoms with Crippen molar-refractivity contribution in [3.8, 4) is 0 Å². The second-order valence-electron chi connectivity index (χ2n) is 3.09. The van der Waals surface area contributed by atoms with Crippen molar-refractivity contribution in [1.29, 1.82) is 0 Å². The second kappa shape index (κ2) is 7.97. The van der Waals surface area contributed by atoms with E-state index in [0.717, 1.165) is 0 Å². The normalized spacial score (nSPS) is 8.85. The maximum atomic E-state index is 5.86. The summed E-state index contributed by atoms with van der Waals surface area (Å²) in [5.74, 6) is 0. The molecule has 0 aromatic heterocycles. The van der Waals surface area contributed by atoms with Crippen molar-refractivity contribution < 1.29 is 0 Å². The van der Waals surface area contributed by atoms with Crippen LogP contribution in [0, 0.1) is 0 Å². The van der Waals surface area contributed by atoms with E-state index in [1.807, 2.05) is 44.2 Å². The molecule has 0 saturated carbocycles. The van der Waals surface area contributed by atoms with Gasteiger partial charge in [-0.1, -0.05) is 30.3 Å². The molecule has 0 saturated heterocycles. The van der Waals surface area contributed by atoms with Crippen LogP contribution in [0.5, 0.6) is 0 Å². The topological polar surface area (TPSA) is 26.0 Å². The summed E-state index contributed by atoms with van der Waals surface area (Å²) < 4.78 is 0. The van der Waals surface area contributed by atoms with Crippen LogP contribution in [0.15, 0.2) is 30.3 Å². The minimum Gasteiger partial charge on any atom is -0.322 e. The van der Waals surface area contributed by atoms with Gasteiger partial charge in [-0.2, -0.15) is 0 Å². The van der Waals surface area contributed by atoms with Gasteiger partial charge in [-0.15, -0.1) is 50.9 Å². The number of hydrogen-bond acceptors (Lipinski definition) is 1. The Morgan fingerprint density at radius 1 is 0.923 bits per heavy atom. The Bertz CT molecular complexity index is 206. The van der Waals surface area contributed by atoms with Gasteiger partial charge in [0.05, 0.1) is 0 Å². The van der Waals surface area contributed by atoms with Crippen molar-refractivity contribution in [3.63, 3.8) is 0 Å². The van der Waals surface area contributed by atoms with E-state index >= 15 is 0 Å². The summed E-state index contributed by atoms with van der Waals surface area (Å²) in [6.07, 6.45) is 0. The van der Waals surface area contributed by atoms with Crippen molar-refractivity contribution in [2.75, 3.05) is 0 Å². The van der Waals surface area contributed by atoms with Crippen molar-refractivity contribution in [1.82, 2.24) is 0 Å². The van der Waals surface area contributed by atoms with Crippen LogP contribution in [0.25, 0.3) is 0 Å². The first kappa shape index (κ1) is 19.2. The van der Waals surface area contributed by atoms with Gasteiger partial charge in [-0.25, -0.2) is 0 Å². The highest BCUT2D eigenvalue weighted by atomic mass is 79.9. The summed E-state index contributed by atoms with van der Waals surface area (Å²) in [6.45, 7) is 4.00. The Labute approximate surface area is 111 Å². The van der Waals surface area contributed by atoms with E-state index < -0.39 is 0 Å². The first-order chi connectivity index (χ1) is 4.61. The number of nitrogens with two attached hydrogens (primary N) is 1. The molecule has 0 atom stereocenters. The highest BCUT2D eigenvalue weighted by Crippen LogP contribution is 2.14. The van der Waals surface area contributed by atoms with E-state index in [-0.39, 0.29) is 56.5 Å². The van der Waals surface area contributed by atoms with Gasteiger partial charge in [0.1, 0.15) is 0 Å². The van der Waals surface area contributed by atoms with Gasteiger partial charge in [0.25, 0.3) is 0 Å². The number of hydrogen-bond donors (Lipinski definition) is 1. The van der Waals surface area contributed by atoms with Gasteiger partial charge in [0.15, 0.2) is 0 Å². The van der Waals surface area contributed by atoms with Gasteiger partial charge in [0.2, 0.25) is 0 Å². The molecule has 0 fully saturated rings. The molecule has 2 N–H and O–H groups in total. The number of rotatable bonds is 1. The van der Waals surface area contributed by atoms with Crippen LogP contribution in [-0.2, 0) is 5.54 Å². The third-order valence-electron chi connectivity index (χ3n) is 1.52. The molecule has 0 bridgehead atoms. The smallest absolute Gasteiger partial charge is 0.0352 e. The minimum absolute atomic E-state index is 0. The summed E-state index contributed by atoms with van der Waals surface area (Å²) in [7, 11) is 0. The van der Waals surface area contributed by atoms with Crippen LogP contribution in [0.4, 0.5) is 0 Å². The predicted molar refractivity (Wildman–Crippen MR) is 74.6 cm³/mol. The average molecular weight is 378 g/mol. The molecule has 1 nitrogen and oxygen atoms in total. The first-order valence-electron chi connectivity index (χ1n) is 3.45. The van der Waals surface area contributed by atoms with Crippen molar-refractivity contribution >= 4 is 50.9 Å². The SMILES string of the molecule is Br.Br.Br.CC(C)(N)c1ccccc1. The molecule has 0 heterocycles. The molecule has 0 aliphatic rings. The lowest BCUT2D eigenvalue weighted by atomic mass is 9.96. The standard InChI is InChI=1S/C9H13N.3BrH/c1-9(2,10)8-6-4-3-5-7-8;;;/h3-7H,10H2,1-2H3;3*1H. The zero-order valence-electron chi connectivity index (χ0n) is 7.69. The van der Waals surface area contributed by atoms with E-state index in [4.69, 9.17) is 5.73 Å². The zero-order chi connectivity index (χ0) is 7.61. The Morgan fingerprint density at radius 2 is 1.31 bits per heavy atom. The fraction of sp³-hybridized carbons (Fsp3) is 0.333. The molecule has 0 aliphatic carbocycles. The maximum Gasteiger partial charge on any atom is 0.0352 e. The predicted octanol–water partition coefficient (Wildman–Crippen LogP) is 3.61. The summed E-state index contributed by atoms with van der Waals surface area (Å²) in [5.41, 5.74) is 6.83. The molecule has 4 heteroatoms. The fourth-order valence-electron chi connectivity index (χ4n) is 0.868. The lowest BCUT2D eigenvalue weighted by Gasteiger charge is -2.18. The highest BCUT2D eigenvalue weighted by molar-refractivity contribution is 8.93. The Balaban J connectivity index is -0.000000333. The third-order valence-corrected chi connectivity index (χ3v) is 1.52. The lowest BCUT2D eigenvalue weighted by molar-refractivity contribution is 0.554. The minimum atomic E-state index is -0.207. The molecule has 0 amide bonds. The average Bonchev–Trinajstić information content (AvgIpc) is 1.88. The largest absolute Gasteiger partial charge is 0.322 e. The molecule has 0 radical (unpaired) electrons. The molecule has 1 aromatic rings. The molecule has 1 rings (SSSR count). The van der Waals surface area contributed by atoms with Crippen LogP contribution in [0.1, 0.15) is 19.4 Å². The number of benzene rings is 1. The van der Waals surface area contributed by atoms with Crippen LogP contribution >= 0.6 is 50.9 Å². The maximum absolute atomic E-state index is 5.86. The molecule has 78 valence electrons. The van der Waals surface area contributed by atoms with Crippen LogP contribution < -0.4 is 5.73 Å². The van der Waals surface area contributed by atoms with E-state index in [2.05, 4.69) is 0 Å². The molecular weight excluding hydrogens is 362 g/mol. The van der Waals surface area contributed by atoms with E-state index in [1.165, 1.54) is 5.56 Å². The Hall–Kier alpha value is 0.620. The second-order valence-corrected chi connectivity index (χ2v) is 3.09. The summed E-state index contributed by atoms with van der Waals surface area (Å²) in [6, 6.07) is 10.1. The summed E-state index contributed by atoms with van der Waals surface area (Å²) >= 11 is 0. The van der Waals surface area contributed by atoms with Crippen LogP contribution in [0.3, 0.4) is 0 Å². The molecule has 13 heavy (non-hydrogen) atoms. The summed E-state index contributed by atoms with van der Waals surface area (Å²) in [5, 5.41) is 0. The van der Waals surface area contributed by atoms with Crippen molar-refractivity contribution in [2.24, 2.45) is 5.73 Å². The monoisotopic (exact) mass is 375 g/mol. The van der Waals surface area contributed by atoms with Gasteiger partial charge in [0, 0.05) is 5.54 Å². The quantitative estimate of drug-likeness (QED) is 0.794. The Kier molecular flexibility index (Phi) is 11.8. The highest BCUT2D eigenvalue weighted by Gasteiger charge is 2.11.